The zero-order chi connectivity index (χ0) is 13.2. The van der Waals surface area contributed by atoms with Gasteiger partial charge in [0, 0.05) is 11.8 Å². The Labute approximate surface area is 116 Å². The Morgan fingerprint density at radius 2 is 2.05 bits per heavy atom. The topological polar surface area (TPSA) is 57.4 Å². The van der Waals surface area contributed by atoms with Crippen LogP contribution in [0.3, 0.4) is 0 Å². The summed E-state index contributed by atoms with van der Waals surface area (Å²) >= 11 is 1.61. The zero-order valence-corrected chi connectivity index (χ0v) is 11.6. The summed E-state index contributed by atoms with van der Waals surface area (Å²) in [5.41, 5.74) is 8.14. The molecule has 1 aliphatic rings. The van der Waals surface area contributed by atoms with Gasteiger partial charge in [-0.2, -0.15) is 0 Å². The van der Waals surface area contributed by atoms with E-state index >= 15 is 0 Å². The first-order chi connectivity index (χ1) is 9.24. The zero-order valence-electron chi connectivity index (χ0n) is 10.8. The maximum Gasteiger partial charge on any atom is 0.161 e. The normalized spacial score (nSPS) is 15.9. The van der Waals surface area contributed by atoms with Gasteiger partial charge in [0.1, 0.15) is 0 Å². The number of fused-ring (bicyclic) bond motifs is 1. The number of nitrogens with zero attached hydrogens (tertiary/aromatic N) is 1. The molecule has 0 saturated carbocycles. The van der Waals surface area contributed by atoms with Gasteiger partial charge in [-0.15, -0.1) is 11.3 Å². The van der Waals surface area contributed by atoms with Crippen LogP contribution in [0.15, 0.2) is 23.6 Å². The molecule has 0 amide bonds. The maximum atomic E-state index is 6.25. The standard InChI is InChI=1S/C14H16N2O2S/c1-9-16-11(8-19-9)14(15)10-3-4-12-13(7-10)18-6-2-5-17-12/h3-4,7-8,14H,2,5-6,15H2,1H3. The SMILES string of the molecule is Cc1nc(C(N)c2ccc3c(c2)OCCCO3)cs1. The van der Waals surface area contributed by atoms with Crippen LogP contribution in [0.1, 0.15) is 28.7 Å². The summed E-state index contributed by atoms with van der Waals surface area (Å²) in [6.45, 7) is 3.36. The molecule has 0 radical (unpaired) electrons. The maximum absolute atomic E-state index is 6.25. The second-order valence-electron chi connectivity index (χ2n) is 4.53. The molecule has 0 saturated heterocycles. The van der Waals surface area contributed by atoms with Gasteiger partial charge in [-0.25, -0.2) is 4.98 Å². The molecule has 3 rings (SSSR count). The fourth-order valence-corrected chi connectivity index (χ4v) is 2.72. The lowest BCUT2D eigenvalue weighted by atomic mass is 10.0. The predicted molar refractivity (Wildman–Crippen MR) is 74.9 cm³/mol. The van der Waals surface area contributed by atoms with Gasteiger partial charge >= 0.3 is 0 Å². The lowest BCUT2D eigenvalue weighted by Gasteiger charge is -2.13. The molecule has 1 aromatic carbocycles. The lowest BCUT2D eigenvalue weighted by molar-refractivity contribution is 0.297. The van der Waals surface area contributed by atoms with E-state index in [1.807, 2.05) is 30.5 Å². The molecule has 19 heavy (non-hydrogen) atoms. The molecule has 1 aromatic heterocycles. The van der Waals surface area contributed by atoms with Gasteiger partial charge in [-0.05, 0) is 24.6 Å². The van der Waals surface area contributed by atoms with Crippen molar-refractivity contribution in [2.24, 2.45) is 5.73 Å². The molecule has 2 heterocycles. The van der Waals surface area contributed by atoms with Crippen LogP contribution in [0.4, 0.5) is 0 Å². The third kappa shape index (κ3) is 2.57. The highest BCUT2D eigenvalue weighted by atomic mass is 32.1. The molecule has 5 heteroatoms. The van der Waals surface area contributed by atoms with E-state index in [0.29, 0.717) is 13.2 Å². The van der Waals surface area contributed by atoms with Gasteiger partial charge in [-0.1, -0.05) is 6.07 Å². The smallest absolute Gasteiger partial charge is 0.161 e. The van der Waals surface area contributed by atoms with Crippen molar-refractivity contribution in [3.8, 4) is 11.5 Å². The van der Waals surface area contributed by atoms with E-state index in [-0.39, 0.29) is 6.04 Å². The van der Waals surface area contributed by atoms with E-state index < -0.39 is 0 Å². The molecule has 0 aliphatic carbocycles. The number of ether oxygens (including phenoxy) is 2. The summed E-state index contributed by atoms with van der Waals surface area (Å²) in [4.78, 5) is 4.44. The molecule has 0 spiro atoms. The van der Waals surface area contributed by atoms with E-state index in [2.05, 4.69) is 4.98 Å². The summed E-state index contributed by atoms with van der Waals surface area (Å²) in [7, 11) is 0. The number of aromatic nitrogens is 1. The third-order valence-corrected chi connectivity index (χ3v) is 3.88. The minimum absolute atomic E-state index is 0.220. The average molecular weight is 276 g/mol. The molecular weight excluding hydrogens is 260 g/mol. The molecule has 100 valence electrons. The van der Waals surface area contributed by atoms with Crippen molar-refractivity contribution < 1.29 is 9.47 Å². The quantitative estimate of drug-likeness (QED) is 0.916. The second kappa shape index (κ2) is 5.19. The Balaban J connectivity index is 1.91. The number of thiazole rings is 1. The largest absolute Gasteiger partial charge is 0.490 e. The predicted octanol–water partition coefficient (Wildman–Crippen LogP) is 2.66. The number of hydrogen-bond acceptors (Lipinski definition) is 5. The van der Waals surface area contributed by atoms with Gasteiger partial charge in [0.25, 0.3) is 0 Å². The molecule has 4 nitrogen and oxygen atoms in total. The fourth-order valence-electron chi connectivity index (χ4n) is 2.07. The van der Waals surface area contributed by atoms with E-state index in [1.54, 1.807) is 11.3 Å². The highest BCUT2D eigenvalue weighted by Crippen LogP contribution is 2.33. The fraction of sp³-hybridized carbons (Fsp3) is 0.357. The van der Waals surface area contributed by atoms with Crippen LogP contribution in [0.2, 0.25) is 0 Å². The molecule has 2 N–H and O–H groups in total. The highest BCUT2D eigenvalue weighted by Gasteiger charge is 2.16. The first-order valence-corrected chi connectivity index (χ1v) is 7.19. The van der Waals surface area contributed by atoms with Crippen molar-refractivity contribution in [3.63, 3.8) is 0 Å². The minimum atomic E-state index is -0.220. The van der Waals surface area contributed by atoms with Crippen molar-refractivity contribution in [2.45, 2.75) is 19.4 Å². The van der Waals surface area contributed by atoms with Crippen LogP contribution < -0.4 is 15.2 Å². The molecule has 1 atom stereocenters. The van der Waals surface area contributed by atoms with Crippen LogP contribution in [0.25, 0.3) is 0 Å². The summed E-state index contributed by atoms with van der Waals surface area (Å²) in [6.07, 6.45) is 0.904. The van der Waals surface area contributed by atoms with E-state index in [1.165, 1.54) is 0 Å². The first kappa shape index (κ1) is 12.4. The van der Waals surface area contributed by atoms with Crippen LogP contribution in [-0.2, 0) is 0 Å². The number of rotatable bonds is 2. The van der Waals surface area contributed by atoms with Crippen LogP contribution in [-0.4, -0.2) is 18.2 Å². The summed E-state index contributed by atoms with van der Waals surface area (Å²) in [6, 6.07) is 5.64. The summed E-state index contributed by atoms with van der Waals surface area (Å²) < 4.78 is 11.3. The second-order valence-corrected chi connectivity index (χ2v) is 5.59. The minimum Gasteiger partial charge on any atom is -0.490 e. The Kier molecular flexibility index (Phi) is 3.40. The molecule has 0 fully saturated rings. The van der Waals surface area contributed by atoms with Crippen molar-refractivity contribution in [1.29, 1.82) is 0 Å². The molecule has 0 bridgehead atoms. The molecular formula is C14H16N2O2S. The Hall–Kier alpha value is -1.59. The highest BCUT2D eigenvalue weighted by molar-refractivity contribution is 7.09. The van der Waals surface area contributed by atoms with Gasteiger partial charge in [0.2, 0.25) is 0 Å². The first-order valence-electron chi connectivity index (χ1n) is 6.31. The monoisotopic (exact) mass is 276 g/mol. The molecule has 2 aromatic rings. The van der Waals surface area contributed by atoms with Gasteiger partial charge in [-0.3, -0.25) is 0 Å². The third-order valence-electron chi connectivity index (χ3n) is 3.09. The van der Waals surface area contributed by atoms with E-state index in [4.69, 9.17) is 15.2 Å². The van der Waals surface area contributed by atoms with E-state index in [0.717, 1.165) is 34.2 Å². The van der Waals surface area contributed by atoms with Crippen molar-refractivity contribution in [2.75, 3.05) is 13.2 Å². The van der Waals surface area contributed by atoms with Crippen LogP contribution in [0, 0.1) is 6.92 Å². The van der Waals surface area contributed by atoms with Crippen LogP contribution >= 0.6 is 11.3 Å². The number of nitrogens with two attached hydrogens (primary N) is 1. The van der Waals surface area contributed by atoms with Crippen molar-refractivity contribution in [3.05, 3.63) is 39.8 Å². The number of benzene rings is 1. The summed E-state index contributed by atoms with van der Waals surface area (Å²) in [5, 5.41) is 3.03. The van der Waals surface area contributed by atoms with Gasteiger partial charge in [0.15, 0.2) is 11.5 Å². The Bertz CT molecular complexity index is 583. The average Bonchev–Trinajstić information content (AvgIpc) is 2.72. The lowest BCUT2D eigenvalue weighted by Crippen LogP contribution is -2.12. The van der Waals surface area contributed by atoms with Crippen molar-refractivity contribution in [1.82, 2.24) is 4.98 Å². The van der Waals surface area contributed by atoms with Crippen molar-refractivity contribution >= 4 is 11.3 Å². The molecule has 1 aliphatic heterocycles. The molecule has 1 unspecified atom stereocenters. The summed E-state index contributed by atoms with van der Waals surface area (Å²) in [5.74, 6) is 1.57. The number of hydrogen-bond donors (Lipinski definition) is 1. The Morgan fingerprint density at radius 1 is 1.26 bits per heavy atom. The van der Waals surface area contributed by atoms with Gasteiger partial charge in [0.05, 0.1) is 30.0 Å². The van der Waals surface area contributed by atoms with Gasteiger partial charge < -0.3 is 15.2 Å². The Morgan fingerprint density at radius 3 is 2.79 bits per heavy atom. The number of aryl methyl sites for hydroxylation is 1. The van der Waals surface area contributed by atoms with E-state index in [9.17, 15) is 0 Å². The van der Waals surface area contributed by atoms with Crippen LogP contribution in [0.5, 0.6) is 11.5 Å².